The summed E-state index contributed by atoms with van der Waals surface area (Å²) >= 11 is 3.42. The molecule has 104 valence electrons. The highest BCUT2D eigenvalue weighted by Gasteiger charge is 2.38. The molecule has 1 aliphatic rings. The normalized spacial score (nSPS) is 27.1. The average Bonchev–Trinajstić information content (AvgIpc) is 2.33. The van der Waals surface area contributed by atoms with E-state index in [9.17, 15) is 4.79 Å². The zero-order valence-electron chi connectivity index (χ0n) is 11.5. The zero-order valence-corrected chi connectivity index (χ0v) is 13.1. The predicted molar refractivity (Wildman–Crippen MR) is 82.1 cm³/mol. The molecule has 1 aromatic carbocycles. The van der Waals surface area contributed by atoms with Gasteiger partial charge in [0.25, 0.3) is 0 Å². The Morgan fingerprint density at radius 2 is 2.26 bits per heavy atom. The molecule has 0 heterocycles. The van der Waals surface area contributed by atoms with Crippen LogP contribution in [0.4, 0.5) is 5.69 Å². The Morgan fingerprint density at radius 3 is 2.95 bits per heavy atom. The highest BCUT2D eigenvalue weighted by molar-refractivity contribution is 9.10. The van der Waals surface area contributed by atoms with Gasteiger partial charge < -0.3 is 11.1 Å². The Balaban J connectivity index is 2.14. The number of benzene rings is 1. The molecule has 3 N–H and O–H groups in total. The second kappa shape index (κ2) is 5.63. The van der Waals surface area contributed by atoms with Gasteiger partial charge in [0.15, 0.2) is 0 Å². The molecule has 3 nitrogen and oxygen atoms in total. The van der Waals surface area contributed by atoms with Gasteiger partial charge in [0.05, 0.1) is 5.54 Å². The van der Waals surface area contributed by atoms with E-state index in [1.54, 1.807) is 0 Å². The van der Waals surface area contributed by atoms with Gasteiger partial charge in [-0.15, -0.1) is 0 Å². The number of rotatable bonds is 2. The van der Waals surface area contributed by atoms with Crippen molar-refractivity contribution in [2.75, 3.05) is 5.32 Å². The third-order valence-electron chi connectivity index (χ3n) is 3.93. The van der Waals surface area contributed by atoms with Gasteiger partial charge in [0.2, 0.25) is 5.91 Å². The Bertz CT molecular complexity index is 489. The molecule has 4 heteroatoms. The quantitative estimate of drug-likeness (QED) is 0.873. The van der Waals surface area contributed by atoms with Gasteiger partial charge >= 0.3 is 0 Å². The fraction of sp³-hybridized carbons (Fsp3) is 0.533. The van der Waals surface area contributed by atoms with E-state index in [-0.39, 0.29) is 5.91 Å². The fourth-order valence-corrected chi connectivity index (χ4v) is 3.13. The first-order valence-corrected chi connectivity index (χ1v) is 7.56. The SMILES string of the molecule is Cc1ccc(Br)cc1NC(=O)C1(N)CCCC(C)C1. The van der Waals surface area contributed by atoms with Crippen LogP contribution in [0.5, 0.6) is 0 Å². The minimum Gasteiger partial charge on any atom is -0.324 e. The van der Waals surface area contributed by atoms with E-state index < -0.39 is 5.54 Å². The smallest absolute Gasteiger partial charge is 0.244 e. The number of aryl methyl sites for hydroxylation is 1. The van der Waals surface area contributed by atoms with Gasteiger partial charge in [-0.25, -0.2) is 0 Å². The number of anilines is 1. The molecule has 0 aliphatic heterocycles. The van der Waals surface area contributed by atoms with Gasteiger partial charge in [-0.2, -0.15) is 0 Å². The van der Waals surface area contributed by atoms with Crippen molar-refractivity contribution in [1.29, 1.82) is 0 Å². The van der Waals surface area contributed by atoms with E-state index in [0.717, 1.165) is 35.0 Å². The second-order valence-corrected chi connectivity index (χ2v) is 6.69. The minimum absolute atomic E-state index is 0.0553. The van der Waals surface area contributed by atoms with Crippen molar-refractivity contribution in [3.63, 3.8) is 0 Å². The Morgan fingerprint density at radius 1 is 1.53 bits per heavy atom. The molecule has 2 unspecified atom stereocenters. The van der Waals surface area contributed by atoms with Crippen LogP contribution < -0.4 is 11.1 Å². The van der Waals surface area contributed by atoms with Crippen LogP contribution in [0.3, 0.4) is 0 Å². The minimum atomic E-state index is -0.716. The highest BCUT2D eigenvalue weighted by atomic mass is 79.9. The molecule has 19 heavy (non-hydrogen) atoms. The number of halogens is 1. The topological polar surface area (TPSA) is 55.1 Å². The maximum absolute atomic E-state index is 12.4. The zero-order chi connectivity index (χ0) is 14.0. The van der Waals surface area contributed by atoms with Crippen LogP contribution in [0.25, 0.3) is 0 Å². The highest BCUT2D eigenvalue weighted by Crippen LogP contribution is 2.32. The van der Waals surface area contributed by atoms with Crippen molar-refractivity contribution in [1.82, 2.24) is 0 Å². The first-order chi connectivity index (χ1) is 8.90. The monoisotopic (exact) mass is 324 g/mol. The maximum atomic E-state index is 12.4. The van der Waals surface area contributed by atoms with Gasteiger partial charge in [0.1, 0.15) is 0 Å². The Labute approximate surface area is 123 Å². The average molecular weight is 325 g/mol. The van der Waals surface area contributed by atoms with Crippen molar-refractivity contribution >= 4 is 27.5 Å². The molecule has 0 saturated heterocycles. The van der Waals surface area contributed by atoms with Crippen LogP contribution in [0.15, 0.2) is 22.7 Å². The molecule has 1 fully saturated rings. The molecule has 2 rings (SSSR count). The lowest BCUT2D eigenvalue weighted by Crippen LogP contribution is -2.53. The van der Waals surface area contributed by atoms with Gasteiger partial charge in [-0.1, -0.05) is 41.8 Å². The lowest BCUT2D eigenvalue weighted by molar-refractivity contribution is -0.122. The summed E-state index contributed by atoms with van der Waals surface area (Å²) in [5, 5.41) is 2.99. The first-order valence-electron chi connectivity index (χ1n) is 6.77. The summed E-state index contributed by atoms with van der Waals surface area (Å²) in [4.78, 5) is 12.4. The van der Waals surface area contributed by atoms with Crippen LogP contribution in [0, 0.1) is 12.8 Å². The molecule has 0 bridgehead atoms. The predicted octanol–water partition coefficient (Wildman–Crippen LogP) is 3.60. The molecule has 1 amide bonds. The fourth-order valence-electron chi connectivity index (χ4n) is 2.77. The summed E-state index contributed by atoms with van der Waals surface area (Å²) in [6, 6.07) is 5.86. The van der Waals surface area contributed by atoms with Gasteiger partial charge in [-0.3, -0.25) is 4.79 Å². The molecule has 0 spiro atoms. The van der Waals surface area contributed by atoms with Crippen LogP contribution in [0.2, 0.25) is 0 Å². The van der Waals surface area contributed by atoms with Crippen LogP contribution >= 0.6 is 15.9 Å². The molecule has 1 aliphatic carbocycles. The van der Waals surface area contributed by atoms with Crippen molar-refractivity contribution in [2.45, 2.75) is 45.1 Å². The molecule has 0 aromatic heterocycles. The van der Waals surface area contributed by atoms with E-state index in [4.69, 9.17) is 5.73 Å². The number of carbonyl (C=O) groups is 1. The maximum Gasteiger partial charge on any atom is 0.244 e. The summed E-state index contributed by atoms with van der Waals surface area (Å²) in [6.07, 6.45) is 3.74. The number of nitrogens with one attached hydrogen (secondary N) is 1. The number of hydrogen-bond acceptors (Lipinski definition) is 2. The molecule has 1 aromatic rings. The number of amides is 1. The van der Waals surface area contributed by atoms with E-state index in [0.29, 0.717) is 5.92 Å². The summed E-state index contributed by atoms with van der Waals surface area (Å²) < 4.78 is 0.955. The van der Waals surface area contributed by atoms with Crippen molar-refractivity contribution < 1.29 is 4.79 Å². The number of nitrogens with two attached hydrogens (primary N) is 1. The van der Waals surface area contributed by atoms with Crippen LogP contribution in [0.1, 0.15) is 38.2 Å². The first kappa shape index (κ1) is 14.5. The van der Waals surface area contributed by atoms with Gasteiger partial charge in [0, 0.05) is 10.2 Å². The summed E-state index contributed by atoms with van der Waals surface area (Å²) in [7, 11) is 0. The molecule has 0 radical (unpaired) electrons. The summed E-state index contributed by atoms with van der Waals surface area (Å²) in [6.45, 7) is 4.15. The van der Waals surface area contributed by atoms with Crippen LogP contribution in [-0.2, 0) is 4.79 Å². The third-order valence-corrected chi connectivity index (χ3v) is 4.43. The summed E-state index contributed by atoms with van der Waals surface area (Å²) in [5.41, 5.74) is 7.47. The largest absolute Gasteiger partial charge is 0.324 e. The van der Waals surface area contributed by atoms with Crippen molar-refractivity contribution in [3.8, 4) is 0 Å². The standard InChI is InChI=1S/C15H21BrN2O/c1-10-4-3-7-15(17,9-10)14(19)18-13-8-12(16)6-5-11(13)2/h5-6,8,10H,3-4,7,9,17H2,1-2H3,(H,18,19). The summed E-state index contributed by atoms with van der Waals surface area (Å²) in [5.74, 6) is 0.466. The van der Waals surface area contributed by atoms with Gasteiger partial charge in [-0.05, 0) is 43.4 Å². The number of hydrogen-bond donors (Lipinski definition) is 2. The van der Waals surface area contributed by atoms with Crippen LogP contribution in [-0.4, -0.2) is 11.4 Å². The molecule has 1 saturated carbocycles. The molecular weight excluding hydrogens is 304 g/mol. The van der Waals surface area contributed by atoms with E-state index in [1.165, 1.54) is 6.42 Å². The number of carbonyl (C=O) groups excluding carboxylic acids is 1. The van der Waals surface area contributed by atoms with Crippen molar-refractivity contribution in [3.05, 3.63) is 28.2 Å². The Hall–Kier alpha value is -0.870. The molecule has 2 atom stereocenters. The van der Waals surface area contributed by atoms with E-state index >= 15 is 0 Å². The van der Waals surface area contributed by atoms with E-state index in [2.05, 4.69) is 28.2 Å². The molecular formula is C15H21BrN2O. The van der Waals surface area contributed by atoms with Crippen molar-refractivity contribution in [2.24, 2.45) is 11.7 Å². The van der Waals surface area contributed by atoms with E-state index in [1.807, 2.05) is 25.1 Å². The second-order valence-electron chi connectivity index (χ2n) is 5.77. The lowest BCUT2D eigenvalue weighted by atomic mass is 9.76. The third kappa shape index (κ3) is 3.37. The lowest BCUT2D eigenvalue weighted by Gasteiger charge is -2.35. The Kier molecular flexibility index (Phi) is 4.31.